The van der Waals surface area contributed by atoms with Crippen molar-refractivity contribution < 1.29 is 13.2 Å². The molecular weight excluding hydrogens is 370 g/mol. The van der Waals surface area contributed by atoms with Crippen molar-refractivity contribution in [3.05, 3.63) is 83.6 Å². The lowest BCUT2D eigenvalue weighted by Gasteiger charge is -2.10. The number of nitrogens with zero attached hydrogens (tertiary/aromatic N) is 1. The Hall–Kier alpha value is -2.92. The van der Waals surface area contributed by atoms with Crippen LogP contribution >= 0.6 is 0 Å². The molecule has 2 aromatic carbocycles. The fraction of sp³-hybridized carbons (Fsp3) is 0.174. The highest BCUT2D eigenvalue weighted by Gasteiger charge is 2.22. The summed E-state index contributed by atoms with van der Waals surface area (Å²) in [5.41, 5.74) is 4.37. The van der Waals surface area contributed by atoms with E-state index in [4.69, 9.17) is 0 Å². The third kappa shape index (κ3) is 3.58. The van der Waals surface area contributed by atoms with Crippen molar-refractivity contribution in [3.8, 4) is 0 Å². The maximum Gasteiger partial charge on any atom is 0.268 e. The van der Waals surface area contributed by atoms with Crippen LogP contribution in [0, 0.1) is 13.8 Å². The van der Waals surface area contributed by atoms with Crippen LogP contribution in [0.1, 0.15) is 29.2 Å². The molecule has 1 aromatic heterocycles. The highest BCUT2D eigenvalue weighted by molar-refractivity contribution is 7.90. The first kappa shape index (κ1) is 19.8. The highest BCUT2D eigenvalue weighted by Crippen LogP contribution is 2.31. The third-order valence-electron chi connectivity index (χ3n) is 4.74. The zero-order valence-corrected chi connectivity index (χ0v) is 17.1. The number of rotatable bonds is 6. The number of carbonyl (C=O) groups is 1. The average Bonchev–Trinajstić information content (AvgIpc) is 3.00. The minimum absolute atomic E-state index is 0.0245. The zero-order valence-electron chi connectivity index (χ0n) is 16.3. The van der Waals surface area contributed by atoms with Crippen LogP contribution in [-0.4, -0.2) is 18.2 Å². The Morgan fingerprint density at radius 1 is 1.11 bits per heavy atom. The molecule has 0 unspecified atom stereocenters. The molecule has 0 saturated carbocycles. The van der Waals surface area contributed by atoms with E-state index < -0.39 is 10.0 Å². The third-order valence-corrected chi connectivity index (χ3v) is 6.43. The smallest absolute Gasteiger partial charge is 0.268 e. The molecule has 28 heavy (non-hydrogen) atoms. The number of hydrogen-bond donors (Lipinski definition) is 0. The number of fused-ring (bicyclic) bond motifs is 1. The second-order valence-corrected chi connectivity index (χ2v) is 8.69. The molecule has 0 bridgehead atoms. The van der Waals surface area contributed by atoms with Crippen LogP contribution in [0.25, 0.3) is 17.0 Å². The lowest BCUT2D eigenvalue weighted by Crippen LogP contribution is -2.12. The minimum atomic E-state index is -3.71. The van der Waals surface area contributed by atoms with Crippen molar-refractivity contribution >= 4 is 32.8 Å². The fourth-order valence-corrected chi connectivity index (χ4v) is 4.78. The number of carbonyl (C=O) groups excluding carboxylic acids is 1. The van der Waals surface area contributed by atoms with Crippen LogP contribution in [0.4, 0.5) is 0 Å². The van der Waals surface area contributed by atoms with Crippen LogP contribution in [0.15, 0.2) is 66.2 Å². The Morgan fingerprint density at radius 3 is 2.39 bits per heavy atom. The molecule has 4 nitrogen and oxygen atoms in total. The molecule has 0 aliphatic carbocycles. The number of allylic oxidation sites excluding steroid dienone is 2. The van der Waals surface area contributed by atoms with E-state index in [0.717, 1.165) is 27.6 Å². The second-order valence-electron chi connectivity index (χ2n) is 6.87. The van der Waals surface area contributed by atoms with E-state index in [1.165, 1.54) is 17.0 Å². The minimum Gasteiger partial charge on any atom is -0.295 e. The maximum absolute atomic E-state index is 13.2. The predicted molar refractivity (Wildman–Crippen MR) is 114 cm³/mol. The van der Waals surface area contributed by atoms with Crippen LogP contribution in [-0.2, 0) is 21.2 Å². The Balaban J connectivity index is 2.23. The summed E-state index contributed by atoms with van der Waals surface area (Å²) in [5.74, 6) is -0.0245. The van der Waals surface area contributed by atoms with Gasteiger partial charge in [0.25, 0.3) is 10.0 Å². The van der Waals surface area contributed by atoms with Gasteiger partial charge in [-0.3, -0.25) is 4.79 Å². The number of hydrogen-bond acceptors (Lipinski definition) is 3. The molecule has 0 saturated heterocycles. The monoisotopic (exact) mass is 393 g/mol. The van der Waals surface area contributed by atoms with Gasteiger partial charge in [0.05, 0.1) is 10.4 Å². The van der Waals surface area contributed by atoms with Crippen LogP contribution in [0.5, 0.6) is 0 Å². The second kappa shape index (κ2) is 7.60. The van der Waals surface area contributed by atoms with Gasteiger partial charge in [0.15, 0.2) is 5.78 Å². The van der Waals surface area contributed by atoms with E-state index in [9.17, 15) is 13.2 Å². The fourth-order valence-electron chi connectivity index (χ4n) is 3.36. The van der Waals surface area contributed by atoms with Crippen molar-refractivity contribution in [2.24, 2.45) is 0 Å². The number of aryl methyl sites for hydroxylation is 2. The topological polar surface area (TPSA) is 56.1 Å². The molecule has 1 heterocycles. The van der Waals surface area contributed by atoms with Crippen molar-refractivity contribution in [3.63, 3.8) is 0 Å². The van der Waals surface area contributed by atoms with Crippen molar-refractivity contribution in [2.45, 2.75) is 32.1 Å². The summed E-state index contributed by atoms with van der Waals surface area (Å²) in [7, 11) is -3.71. The van der Waals surface area contributed by atoms with Crippen molar-refractivity contribution in [1.29, 1.82) is 0 Å². The highest BCUT2D eigenvalue weighted by atomic mass is 32.2. The van der Waals surface area contributed by atoms with Gasteiger partial charge in [-0.25, -0.2) is 12.4 Å². The summed E-state index contributed by atoms with van der Waals surface area (Å²) < 4.78 is 27.8. The first-order valence-electron chi connectivity index (χ1n) is 9.01. The molecule has 0 fully saturated rings. The van der Waals surface area contributed by atoms with Gasteiger partial charge in [-0.1, -0.05) is 42.5 Å². The largest absolute Gasteiger partial charge is 0.295 e. The van der Waals surface area contributed by atoms with E-state index in [-0.39, 0.29) is 10.7 Å². The predicted octanol–water partition coefficient (Wildman–Crippen LogP) is 4.83. The van der Waals surface area contributed by atoms with Gasteiger partial charge in [0.2, 0.25) is 0 Å². The van der Waals surface area contributed by atoms with E-state index in [2.05, 4.69) is 6.58 Å². The van der Waals surface area contributed by atoms with Gasteiger partial charge in [-0.05, 0) is 68.2 Å². The summed E-state index contributed by atoms with van der Waals surface area (Å²) in [4.78, 5) is 11.5. The van der Waals surface area contributed by atoms with E-state index in [1.54, 1.807) is 42.6 Å². The average molecular weight is 394 g/mol. The summed E-state index contributed by atoms with van der Waals surface area (Å²) in [6.07, 6.45) is 7.26. The van der Waals surface area contributed by atoms with Gasteiger partial charge < -0.3 is 0 Å². The molecule has 0 amide bonds. The molecule has 0 atom stereocenters. The summed E-state index contributed by atoms with van der Waals surface area (Å²) in [5, 5.41) is 0.876. The van der Waals surface area contributed by atoms with Crippen molar-refractivity contribution in [2.75, 3.05) is 0 Å². The Morgan fingerprint density at radius 2 is 1.79 bits per heavy atom. The van der Waals surface area contributed by atoms with Gasteiger partial charge in [0, 0.05) is 11.6 Å². The van der Waals surface area contributed by atoms with Gasteiger partial charge in [0.1, 0.15) is 0 Å². The molecule has 3 aromatic rings. The number of benzene rings is 2. The zero-order chi connectivity index (χ0) is 20.5. The molecular formula is C23H23NO3S. The van der Waals surface area contributed by atoms with E-state index in [1.807, 2.05) is 26.0 Å². The molecule has 0 aliphatic rings. The quantitative estimate of drug-likeness (QED) is 0.564. The Kier molecular flexibility index (Phi) is 5.38. The molecule has 144 valence electrons. The summed E-state index contributed by atoms with van der Waals surface area (Å²) in [6.45, 7) is 9.19. The van der Waals surface area contributed by atoms with Crippen LogP contribution in [0.2, 0.25) is 0 Å². The van der Waals surface area contributed by atoms with Gasteiger partial charge in [-0.15, -0.1) is 0 Å². The first-order chi connectivity index (χ1) is 13.3. The molecule has 0 radical (unpaired) electrons. The molecule has 5 heteroatoms. The summed E-state index contributed by atoms with van der Waals surface area (Å²) in [6, 6.07) is 10.5. The van der Waals surface area contributed by atoms with E-state index in [0.29, 0.717) is 11.9 Å². The molecule has 0 spiro atoms. The van der Waals surface area contributed by atoms with Crippen molar-refractivity contribution in [1.82, 2.24) is 3.97 Å². The van der Waals surface area contributed by atoms with Crippen LogP contribution in [0.3, 0.4) is 0 Å². The lowest BCUT2D eigenvalue weighted by molar-refractivity contribution is -0.112. The first-order valence-corrected chi connectivity index (χ1v) is 10.4. The summed E-state index contributed by atoms with van der Waals surface area (Å²) >= 11 is 0. The molecule has 0 aliphatic heterocycles. The maximum atomic E-state index is 13.2. The number of ketones is 1. The SMILES string of the molecule is C=Cc1ccc2c(c(C)cn2S(=O)(=O)c2ccc(C)cc2)c1C/C=C/C(C)=O. The van der Waals surface area contributed by atoms with Crippen LogP contribution < -0.4 is 0 Å². The standard InChI is InChI=1S/C23H23NO3S/c1-5-19-11-14-22-23(21(19)8-6-7-18(4)25)17(3)15-24(22)28(26,27)20-12-9-16(2)10-13-20/h5-7,9-15H,1,8H2,2-4H3/b7-6+. The molecule has 0 N–H and O–H groups in total. The van der Waals surface area contributed by atoms with Gasteiger partial charge >= 0.3 is 0 Å². The Bertz CT molecular complexity index is 1200. The van der Waals surface area contributed by atoms with Gasteiger partial charge in [-0.2, -0.15) is 0 Å². The lowest BCUT2D eigenvalue weighted by atomic mass is 9.97. The normalized spacial score (nSPS) is 12.0. The van der Waals surface area contributed by atoms with E-state index >= 15 is 0 Å². The Labute approximate surface area is 165 Å². The molecule has 3 rings (SSSR count). The number of aromatic nitrogens is 1.